The average molecular weight is 979 g/mol. The molecule has 0 aliphatic carbocycles. The van der Waals surface area contributed by atoms with E-state index in [1.54, 1.807) is 23.2 Å². The maximum absolute atomic E-state index is 15.8. The van der Waals surface area contributed by atoms with E-state index in [1.807, 2.05) is 84.5 Å². The molecule has 1 atom stereocenters. The van der Waals surface area contributed by atoms with Gasteiger partial charge in [0.1, 0.15) is 29.0 Å². The highest BCUT2D eigenvalue weighted by atomic mass is 19.1. The standard InChI is InChI=1S/C53H61FN12O4.C2H6/c1-3-7-48(52(69)58-35-67)65-34-42-41(53(65)70)8-6-9-45(42)57-32-37-11-13-38(14-12-37)33-62-24-22-61(23-25-62)21-5-4-10-50(68)64-28-26-63(27-29-64)47-18-15-40(31-43(47)54)66-36(2)59-46-17-16-44(60-51(46)66)39-19-20-56-49(55)30-39;1-2/h6,8-9,11-20,30-31,35,48,57H,3-5,7,10,21-29,32-34H2,1-2H3,(H2,55,56)(H,58,67,69);1-2H3. The van der Waals surface area contributed by atoms with Crippen LogP contribution in [0.5, 0.6) is 0 Å². The first kappa shape index (κ1) is 51.1. The van der Waals surface area contributed by atoms with Crippen LogP contribution in [0.2, 0.25) is 0 Å². The average Bonchev–Trinajstić information content (AvgIpc) is 3.92. The summed E-state index contributed by atoms with van der Waals surface area (Å²) >= 11 is 0. The summed E-state index contributed by atoms with van der Waals surface area (Å²) in [5.74, 6) is 0.285. The van der Waals surface area contributed by atoms with E-state index in [-0.39, 0.29) is 17.6 Å². The van der Waals surface area contributed by atoms with Gasteiger partial charge in [0, 0.05) is 113 Å². The van der Waals surface area contributed by atoms with Crippen LogP contribution in [-0.2, 0) is 34.0 Å². The number of amides is 4. The minimum Gasteiger partial charge on any atom is -0.384 e. The highest BCUT2D eigenvalue weighted by molar-refractivity contribution is 6.03. The molecule has 3 aliphatic heterocycles. The van der Waals surface area contributed by atoms with Gasteiger partial charge >= 0.3 is 0 Å². The Morgan fingerprint density at radius 1 is 0.861 bits per heavy atom. The topological polar surface area (TPSA) is 178 Å². The predicted molar refractivity (Wildman–Crippen MR) is 280 cm³/mol. The lowest BCUT2D eigenvalue weighted by Gasteiger charge is -2.36. The molecule has 17 heteroatoms. The maximum atomic E-state index is 15.8. The predicted octanol–water partition coefficient (Wildman–Crippen LogP) is 7.18. The summed E-state index contributed by atoms with van der Waals surface area (Å²) in [6, 6.07) is 26.2. The number of imide groups is 1. The monoisotopic (exact) mass is 979 g/mol. The van der Waals surface area contributed by atoms with Gasteiger partial charge in [-0.3, -0.25) is 34.0 Å². The Balaban J connectivity index is 0.00000342. The molecule has 0 saturated carbocycles. The number of hydrogen-bond donors (Lipinski definition) is 3. The fourth-order valence-electron chi connectivity index (χ4n) is 10.0. The number of nitrogens with zero attached hydrogens (tertiary/aromatic N) is 9. The maximum Gasteiger partial charge on any atom is 0.255 e. The van der Waals surface area contributed by atoms with Crippen LogP contribution < -0.4 is 21.3 Å². The van der Waals surface area contributed by atoms with Gasteiger partial charge in [-0.25, -0.2) is 19.3 Å². The Hall–Kier alpha value is -7.24. The number of carbonyl (C=O) groups is 4. The molecular formula is C55H67FN12O4. The molecule has 0 spiro atoms. The van der Waals surface area contributed by atoms with E-state index in [0.717, 1.165) is 80.2 Å². The van der Waals surface area contributed by atoms with Gasteiger partial charge in [0.15, 0.2) is 5.65 Å². The van der Waals surface area contributed by atoms with E-state index in [2.05, 4.69) is 54.7 Å². The molecule has 3 aromatic heterocycles. The minimum absolute atomic E-state index is 0.165. The van der Waals surface area contributed by atoms with Crippen LogP contribution in [0.1, 0.15) is 85.7 Å². The molecule has 3 aromatic carbocycles. The van der Waals surface area contributed by atoms with Crippen molar-refractivity contribution in [3.8, 4) is 16.9 Å². The van der Waals surface area contributed by atoms with Gasteiger partial charge in [0.05, 0.1) is 17.1 Å². The zero-order chi connectivity index (χ0) is 50.7. The van der Waals surface area contributed by atoms with Gasteiger partial charge in [-0.2, -0.15) is 0 Å². The van der Waals surface area contributed by atoms with Crippen LogP contribution in [0.25, 0.3) is 28.1 Å². The van der Waals surface area contributed by atoms with Gasteiger partial charge in [0.2, 0.25) is 18.2 Å². The van der Waals surface area contributed by atoms with Gasteiger partial charge < -0.3 is 30.7 Å². The Bertz CT molecular complexity index is 2860. The zero-order valence-electron chi connectivity index (χ0n) is 41.9. The van der Waals surface area contributed by atoms with E-state index in [4.69, 9.17) is 10.7 Å². The molecule has 3 aliphatic rings. The molecule has 6 heterocycles. The molecule has 6 aromatic rings. The second-order valence-corrected chi connectivity index (χ2v) is 18.4. The molecule has 0 bridgehead atoms. The quantitative estimate of drug-likeness (QED) is 0.0585. The van der Waals surface area contributed by atoms with E-state index < -0.39 is 11.9 Å². The third-order valence-corrected chi connectivity index (χ3v) is 13.8. The van der Waals surface area contributed by atoms with Gasteiger partial charge in [-0.1, -0.05) is 57.5 Å². The number of nitrogen functional groups attached to an aromatic ring is 1. The van der Waals surface area contributed by atoms with Crippen LogP contribution >= 0.6 is 0 Å². The number of fused-ring (bicyclic) bond motifs is 2. The number of carbonyl (C=O) groups excluding carboxylic acids is 4. The number of pyridine rings is 2. The summed E-state index contributed by atoms with van der Waals surface area (Å²) in [6.45, 7) is 16.8. The number of anilines is 3. The lowest BCUT2D eigenvalue weighted by atomic mass is 10.1. The van der Waals surface area contributed by atoms with Crippen molar-refractivity contribution in [1.29, 1.82) is 0 Å². The Labute approximate surface area is 421 Å². The number of benzene rings is 3. The number of aromatic nitrogens is 4. The highest BCUT2D eigenvalue weighted by Gasteiger charge is 2.37. The third-order valence-electron chi connectivity index (χ3n) is 13.8. The number of nitrogens with two attached hydrogens (primary N) is 1. The van der Waals surface area contributed by atoms with Crippen molar-refractivity contribution in [3.05, 3.63) is 125 Å². The first-order valence-corrected chi connectivity index (χ1v) is 25.4. The molecule has 16 nitrogen and oxygen atoms in total. The molecular weight excluding hydrogens is 912 g/mol. The van der Waals surface area contributed by atoms with Crippen molar-refractivity contribution in [3.63, 3.8) is 0 Å². The molecule has 378 valence electrons. The largest absolute Gasteiger partial charge is 0.384 e. The highest BCUT2D eigenvalue weighted by Crippen LogP contribution is 2.33. The minimum atomic E-state index is -0.702. The molecule has 72 heavy (non-hydrogen) atoms. The van der Waals surface area contributed by atoms with Crippen molar-refractivity contribution in [1.82, 2.24) is 44.4 Å². The summed E-state index contributed by atoms with van der Waals surface area (Å²) in [5.41, 5.74) is 14.7. The smallest absolute Gasteiger partial charge is 0.255 e. The second kappa shape index (κ2) is 23.8. The molecule has 0 radical (unpaired) electrons. The Morgan fingerprint density at radius 3 is 2.33 bits per heavy atom. The zero-order valence-corrected chi connectivity index (χ0v) is 41.9. The number of halogens is 1. The van der Waals surface area contributed by atoms with Gasteiger partial charge in [-0.15, -0.1) is 0 Å². The number of aryl methyl sites for hydroxylation is 1. The number of unbranched alkanes of at least 4 members (excludes halogenated alkanes) is 1. The van der Waals surface area contributed by atoms with E-state index >= 15 is 4.39 Å². The molecule has 9 rings (SSSR count). The normalized spacial score (nSPS) is 15.5. The summed E-state index contributed by atoms with van der Waals surface area (Å²) in [7, 11) is 0. The fraction of sp³-hybridized carbons (Fsp3) is 0.400. The van der Waals surface area contributed by atoms with Crippen LogP contribution in [0.3, 0.4) is 0 Å². The third kappa shape index (κ3) is 11.7. The van der Waals surface area contributed by atoms with Gasteiger partial charge in [-0.05, 0) is 92.4 Å². The summed E-state index contributed by atoms with van der Waals surface area (Å²) in [5, 5.41) is 5.74. The number of nitrogens with one attached hydrogen (secondary N) is 2. The number of imidazole rings is 1. The SMILES string of the molecule is CC.CCCC(C(=O)NC=O)N1Cc2c(NCc3ccc(CN4CCN(CCCCC(=O)N5CCN(c6ccc(-n7c(C)nc8ccc(-c9ccnc(N)c9)nc87)cc6F)CC5)CC4)cc3)cccc2C1=O. The fourth-order valence-corrected chi connectivity index (χ4v) is 10.0. The van der Waals surface area contributed by atoms with Crippen molar-refractivity contribution in [2.24, 2.45) is 0 Å². The van der Waals surface area contributed by atoms with Crippen molar-refractivity contribution >= 4 is 52.5 Å². The molecule has 4 amide bonds. The lowest BCUT2D eigenvalue weighted by molar-refractivity contribution is -0.132. The number of piperazine rings is 2. The van der Waals surface area contributed by atoms with E-state index in [1.165, 1.54) is 11.6 Å². The van der Waals surface area contributed by atoms with Crippen LogP contribution in [-0.4, -0.2) is 128 Å². The molecule has 2 saturated heterocycles. The summed E-state index contributed by atoms with van der Waals surface area (Å²) in [4.78, 5) is 74.3. The molecule has 1 unspecified atom stereocenters. The Kier molecular flexibility index (Phi) is 16.9. The molecule has 2 fully saturated rings. The first-order chi connectivity index (χ1) is 35.1. The second-order valence-electron chi connectivity index (χ2n) is 18.4. The number of hydrogen-bond acceptors (Lipinski definition) is 12. The first-order valence-electron chi connectivity index (χ1n) is 25.4. The van der Waals surface area contributed by atoms with Crippen molar-refractivity contribution < 1.29 is 23.6 Å². The summed E-state index contributed by atoms with van der Waals surface area (Å²) < 4.78 is 17.7. The molecule has 4 N–H and O–H groups in total. The van der Waals surface area contributed by atoms with Crippen LogP contribution in [0, 0.1) is 12.7 Å². The van der Waals surface area contributed by atoms with Crippen LogP contribution in [0.15, 0.2) is 91.1 Å². The van der Waals surface area contributed by atoms with E-state index in [9.17, 15) is 19.2 Å². The van der Waals surface area contributed by atoms with Crippen molar-refractivity contribution in [2.45, 2.75) is 85.5 Å². The van der Waals surface area contributed by atoms with E-state index in [0.29, 0.717) is 105 Å². The Morgan fingerprint density at radius 2 is 1.61 bits per heavy atom. The van der Waals surface area contributed by atoms with Crippen LogP contribution in [0.4, 0.5) is 21.6 Å². The number of rotatable bonds is 18. The van der Waals surface area contributed by atoms with Crippen molar-refractivity contribution in [2.75, 3.05) is 74.9 Å². The lowest BCUT2D eigenvalue weighted by Crippen LogP contribution is -2.49. The summed E-state index contributed by atoms with van der Waals surface area (Å²) in [6.07, 6.45) is 5.52. The van der Waals surface area contributed by atoms with Gasteiger partial charge in [0.25, 0.3) is 5.91 Å².